The van der Waals surface area contributed by atoms with Crippen molar-refractivity contribution in [2.45, 2.75) is 32.8 Å². The second-order valence-electron chi connectivity index (χ2n) is 5.53. The van der Waals surface area contributed by atoms with Crippen LogP contribution in [-0.2, 0) is 9.53 Å². The summed E-state index contributed by atoms with van der Waals surface area (Å²) in [6.45, 7) is 5.55. The number of ether oxygens (including phenoxy) is 1. The SMILES string of the molecule is CN(CCC(=O)OC(C)(C)C)C(=O)c1ccc(C(=O)O)s1. The Labute approximate surface area is 127 Å². The summed E-state index contributed by atoms with van der Waals surface area (Å²) in [6, 6.07) is 2.86. The number of aromatic carboxylic acids is 1. The van der Waals surface area contributed by atoms with Gasteiger partial charge in [-0.1, -0.05) is 0 Å². The lowest BCUT2D eigenvalue weighted by molar-refractivity contribution is -0.154. The Morgan fingerprint density at radius 3 is 2.29 bits per heavy atom. The monoisotopic (exact) mass is 313 g/mol. The van der Waals surface area contributed by atoms with E-state index in [-0.39, 0.29) is 29.7 Å². The quantitative estimate of drug-likeness (QED) is 0.843. The molecule has 1 rings (SSSR count). The second-order valence-corrected chi connectivity index (χ2v) is 6.62. The van der Waals surface area contributed by atoms with Crippen LogP contribution in [0.15, 0.2) is 12.1 Å². The maximum Gasteiger partial charge on any atom is 0.345 e. The standard InChI is InChI=1S/C14H19NO5S/c1-14(2,3)20-11(16)7-8-15(4)12(17)9-5-6-10(21-9)13(18)19/h5-6H,7-8H2,1-4H3,(H,18,19). The summed E-state index contributed by atoms with van der Waals surface area (Å²) < 4.78 is 5.16. The third-order valence-corrected chi connectivity index (χ3v) is 3.51. The van der Waals surface area contributed by atoms with Crippen LogP contribution < -0.4 is 0 Å². The summed E-state index contributed by atoms with van der Waals surface area (Å²) in [7, 11) is 1.56. The zero-order valence-corrected chi connectivity index (χ0v) is 13.3. The van der Waals surface area contributed by atoms with Crippen molar-refractivity contribution < 1.29 is 24.2 Å². The average Bonchev–Trinajstić information content (AvgIpc) is 2.82. The van der Waals surface area contributed by atoms with Crippen molar-refractivity contribution in [2.75, 3.05) is 13.6 Å². The van der Waals surface area contributed by atoms with Crippen LogP contribution in [0.5, 0.6) is 0 Å². The Balaban J connectivity index is 2.54. The number of hydrogen-bond acceptors (Lipinski definition) is 5. The lowest BCUT2D eigenvalue weighted by Gasteiger charge is -2.21. The molecule has 0 saturated heterocycles. The average molecular weight is 313 g/mol. The maximum atomic E-state index is 12.1. The summed E-state index contributed by atoms with van der Waals surface area (Å²) in [5, 5.41) is 8.83. The fourth-order valence-electron chi connectivity index (χ4n) is 1.51. The number of nitrogens with zero attached hydrogens (tertiary/aromatic N) is 1. The topological polar surface area (TPSA) is 83.9 Å². The molecule has 0 unspecified atom stereocenters. The van der Waals surface area contributed by atoms with Crippen molar-refractivity contribution in [3.8, 4) is 0 Å². The molecule has 116 valence electrons. The van der Waals surface area contributed by atoms with Gasteiger partial charge in [0, 0.05) is 13.6 Å². The Kier molecular flexibility index (Phi) is 5.48. The van der Waals surface area contributed by atoms with Crippen molar-refractivity contribution in [1.82, 2.24) is 4.90 Å². The van der Waals surface area contributed by atoms with E-state index in [4.69, 9.17) is 9.84 Å². The van der Waals surface area contributed by atoms with E-state index in [2.05, 4.69) is 0 Å². The minimum absolute atomic E-state index is 0.0939. The van der Waals surface area contributed by atoms with Crippen LogP contribution in [0.1, 0.15) is 46.5 Å². The van der Waals surface area contributed by atoms with Crippen LogP contribution in [0.3, 0.4) is 0 Å². The zero-order valence-electron chi connectivity index (χ0n) is 12.5. The van der Waals surface area contributed by atoms with Gasteiger partial charge in [0.2, 0.25) is 0 Å². The molecule has 6 nitrogen and oxygen atoms in total. The maximum absolute atomic E-state index is 12.1. The Morgan fingerprint density at radius 1 is 1.24 bits per heavy atom. The number of hydrogen-bond donors (Lipinski definition) is 1. The van der Waals surface area contributed by atoms with Gasteiger partial charge in [0.05, 0.1) is 11.3 Å². The van der Waals surface area contributed by atoms with E-state index in [0.717, 1.165) is 11.3 Å². The van der Waals surface area contributed by atoms with Gasteiger partial charge >= 0.3 is 11.9 Å². The first-order valence-electron chi connectivity index (χ1n) is 6.40. The van der Waals surface area contributed by atoms with Gasteiger partial charge in [-0.3, -0.25) is 9.59 Å². The molecule has 1 aromatic rings. The van der Waals surface area contributed by atoms with Gasteiger partial charge < -0.3 is 14.7 Å². The van der Waals surface area contributed by atoms with Crippen molar-refractivity contribution in [1.29, 1.82) is 0 Å². The molecule has 1 heterocycles. The molecule has 0 aliphatic carbocycles. The van der Waals surface area contributed by atoms with Crippen molar-refractivity contribution >= 4 is 29.2 Å². The highest BCUT2D eigenvalue weighted by atomic mass is 32.1. The van der Waals surface area contributed by atoms with Crippen LogP contribution in [0.25, 0.3) is 0 Å². The molecule has 0 bridgehead atoms. The van der Waals surface area contributed by atoms with Crippen molar-refractivity contribution in [3.05, 3.63) is 21.9 Å². The zero-order chi connectivity index (χ0) is 16.2. The molecular weight excluding hydrogens is 294 g/mol. The molecule has 21 heavy (non-hydrogen) atoms. The van der Waals surface area contributed by atoms with Gasteiger partial charge in [-0.15, -0.1) is 11.3 Å². The molecule has 0 radical (unpaired) electrons. The molecule has 0 spiro atoms. The van der Waals surface area contributed by atoms with Gasteiger partial charge in [-0.2, -0.15) is 0 Å². The van der Waals surface area contributed by atoms with Gasteiger partial charge in [-0.05, 0) is 32.9 Å². The van der Waals surface area contributed by atoms with Crippen molar-refractivity contribution in [3.63, 3.8) is 0 Å². The number of carboxylic acid groups (broad SMARTS) is 1. The first kappa shape index (κ1) is 17.2. The second kappa shape index (κ2) is 6.71. The van der Waals surface area contributed by atoms with E-state index < -0.39 is 11.6 Å². The Morgan fingerprint density at radius 2 is 1.81 bits per heavy atom. The number of carbonyl (C=O) groups is 3. The number of thiophene rings is 1. The molecule has 0 aliphatic heterocycles. The summed E-state index contributed by atoms with van der Waals surface area (Å²) in [5.41, 5.74) is -0.552. The van der Waals surface area contributed by atoms with E-state index in [1.54, 1.807) is 27.8 Å². The van der Waals surface area contributed by atoms with Gasteiger partial charge in [0.15, 0.2) is 0 Å². The minimum atomic E-state index is -1.06. The molecule has 0 aromatic carbocycles. The highest BCUT2D eigenvalue weighted by Crippen LogP contribution is 2.18. The number of amides is 1. The predicted molar refractivity (Wildman–Crippen MR) is 78.7 cm³/mol. The van der Waals surface area contributed by atoms with E-state index in [9.17, 15) is 14.4 Å². The third-order valence-electron chi connectivity index (χ3n) is 2.45. The summed E-state index contributed by atoms with van der Waals surface area (Å²) in [5.74, 6) is -1.74. The van der Waals surface area contributed by atoms with Gasteiger partial charge in [0.1, 0.15) is 10.5 Å². The predicted octanol–water partition coefficient (Wildman–Crippen LogP) is 2.25. The van der Waals surface area contributed by atoms with E-state index in [0.29, 0.717) is 4.88 Å². The van der Waals surface area contributed by atoms with Crippen molar-refractivity contribution in [2.24, 2.45) is 0 Å². The lowest BCUT2D eigenvalue weighted by Crippen LogP contribution is -2.31. The largest absolute Gasteiger partial charge is 0.477 e. The number of carboxylic acids is 1. The minimum Gasteiger partial charge on any atom is -0.477 e. The van der Waals surface area contributed by atoms with Crippen LogP contribution in [-0.4, -0.2) is 47.0 Å². The molecule has 7 heteroatoms. The third kappa shape index (κ3) is 5.55. The molecular formula is C14H19NO5S. The highest BCUT2D eigenvalue weighted by Gasteiger charge is 2.19. The van der Waals surface area contributed by atoms with Crippen LogP contribution in [0.2, 0.25) is 0 Å². The molecule has 1 amide bonds. The highest BCUT2D eigenvalue weighted by molar-refractivity contribution is 7.15. The molecule has 0 atom stereocenters. The van der Waals surface area contributed by atoms with E-state index >= 15 is 0 Å². The first-order valence-corrected chi connectivity index (χ1v) is 7.22. The van der Waals surface area contributed by atoms with E-state index in [1.165, 1.54) is 17.0 Å². The van der Waals surface area contributed by atoms with E-state index in [1.807, 2.05) is 0 Å². The molecule has 0 saturated carbocycles. The Hall–Kier alpha value is -1.89. The molecule has 1 aromatic heterocycles. The molecule has 0 fully saturated rings. The summed E-state index contributed by atoms with van der Waals surface area (Å²) in [6.07, 6.45) is 0.0939. The van der Waals surface area contributed by atoms with Crippen LogP contribution in [0, 0.1) is 0 Å². The summed E-state index contributed by atoms with van der Waals surface area (Å²) >= 11 is 0.915. The number of rotatable bonds is 5. The van der Waals surface area contributed by atoms with Crippen LogP contribution >= 0.6 is 11.3 Å². The fraction of sp³-hybridized carbons (Fsp3) is 0.500. The van der Waals surface area contributed by atoms with Gasteiger partial charge in [-0.25, -0.2) is 4.79 Å². The van der Waals surface area contributed by atoms with Gasteiger partial charge in [0.25, 0.3) is 5.91 Å². The lowest BCUT2D eigenvalue weighted by atomic mass is 10.2. The summed E-state index contributed by atoms with van der Waals surface area (Å²) in [4.78, 5) is 36.2. The Bertz CT molecular complexity index is 544. The van der Waals surface area contributed by atoms with Crippen LogP contribution in [0.4, 0.5) is 0 Å². The molecule has 1 N–H and O–H groups in total. The molecule has 0 aliphatic rings. The normalized spacial score (nSPS) is 11.0. The smallest absolute Gasteiger partial charge is 0.345 e. The number of esters is 1. The first-order chi connectivity index (χ1) is 9.60. The fourth-order valence-corrected chi connectivity index (χ4v) is 2.35. The number of carbonyl (C=O) groups excluding carboxylic acids is 2.